The van der Waals surface area contributed by atoms with Gasteiger partial charge in [-0.05, 0) is 107 Å². The lowest BCUT2D eigenvalue weighted by Gasteiger charge is -2.43. The third kappa shape index (κ3) is 19.3. The number of amides is 1. The highest BCUT2D eigenvalue weighted by Gasteiger charge is 2.53. The molecule has 3 fully saturated rings. The van der Waals surface area contributed by atoms with Crippen molar-refractivity contribution in [3.63, 3.8) is 0 Å². The summed E-state index contributed by atoms with van der Waals surface area (Å²) < 4.78 is 66.0. The maximum Gasteiger partial charge on any atom is 0.329 e. The van der Waals surface area contributed by atoms with Crippen molar-refractivity contribution in [3.8, 4) is 0 Å². The average molecular weight is 1090 g/mol. The zero-order valence-corrected chi connectivity index (χ0v) is 48.9. The zero-order valence-electron chi connectivity index (χ0n) is 48.0. The SMILES string of the molecule is COCCOCCO[C@H]1C[C@@H]2CC[C@@H](C)[C@@](O)(O2)C(=O)C(=O)N2CCCC[C@H]2C(=O)O[C@H]([C@H](C)C[C@@H]2CC[C@@H](OP(C)(C)=O)[C@H](OC)C2)CC(=O)[C@H](C)/C=C(\C)[C@@H](OC)[C@@H](OC)C(=O)[C@H](C)C[C@H](C)/C=C/C=C/C=C/1C. The molecule has 432 valence electrons. The quantitative estimate of drug-likeness (QED) is 0.0536. The van der Waals surface area contributed by atoms with Crippen molar-refractivity contribution in [1.29, 1.82) is 0 Å². The standard InChI is InChI=1S/C58H94NO16P/c1-37-19-15-14-16-20-38(2)49(72-30-29-71-28-27-67-8)35-45-24-22-43(7)58(65,74-45)55(62)56(63)59-26-18-17-21-46(59)57(64)73-50(40(4)33-44-23-25-48(51(34-44)68-9)75-76(12,13)66)36-47(60)39(3)32-42(6)53(69-10)54(70-11)52(61)41(5)31-37/h14-16,19-20,32,37,39-41,43-46,48-51,53-54,65H,17-18,21-31,33-36H2,1-13H3/b16-14+,19-15+,38-20+,42-32+/t37-,39-,40-,41-,43-,44+,45+,46+,48-,49+,50+,51-,53-,54+,58-/m1/s1. The lowest BCUT2D eigenvalue weighted by Crippen LogP contribution is -2.61. The summed E-state index contributed by atoms with van der Waals surface area (Å²) in [6.07, 6.45) is 12.3. The maximum absolute atomic E-state index is 14.7. The van der Waals surface area contributed by atoms with Gasteiger partial charge in [0.2, 0.25) is 5.79 Å². The molecule has 0 unspecified atom stereocenters. The molecule has 0 aromatic rings. The molecule has 4 rings (SSSR count). The second-order valence-electron chi connectivity index (χ2n) is 22.4. The number of hydrogen-bond donors (Lipinski definition) is 1. The molecule has 17 nitrogen and oxygen atoms in total. The first-order valence-corrected chi connectivity index (χ1v) is 30.2. The Balaban J connectivity index is 1.73. The van der Waals surface area contributed by atoms with E-state index in [-0.39, 0.29) is 79.9 Å². The van der Waals surface area contributed by atoms with E-state index in [1.807, 2.05) is 58.1 Å². The molecule has 3 heterocycles. The van der Waals surface area contributed by atoms with Crippen LogP contribution in [0.3, 0.4) is 0 Å². The number of hydrogen-bond acceptors (Lipinski definition) is 16. The Morgan fingerprint density at radius 1 is 0.803 bits per heavy atom. The van der Waals surface area contributed by atoms with Crippen LogP contribution in [0.2, 0.25) is 0 Å². The fraction of sp³-hybridized carbons (Fsp3) is 0.776. The van der Waals surface area contributed by atoms with Crippen LogP contribution in [0.1, 0.15) is 126 Å². The van der Waals surface area contributed by atoms with Crippen LogP contribution in [0, 0.1) is 35.5 Å². The van der Waals surface area contributed by atoms with Gasteiger partial charge < -0.3 is 52.4 Å². The lowest BCUT2D eigenvalue weighted by molar-refractivity contribution is -0.266. The van der Waals surface area contributed by atoms with Crippen LogP contribution in [0.4, 0.5) is 0 Å². The molecule has 1 amide bonds. The summed E-state index contributed by atoms with van der Waals surface area (Å²) in [5, 5.41) is 12.2. The van der Waals surface area contributed by atoms with Crippen LogP contribution in [-0.2, 0) is 71.0 Å². The Labute approximate surface area is 454 Å². The first-order valence-electron chi connectivity index (χ1n) is 27.7. The van der Waals surface area contributed by atoms with E-state index in [0.717, 1.165) is 12.0 Å². The first kappa shape index (κ1) is 65.3. The van der Waals surface area contributed by atoms with E-state index in [4.69, 9.17) is 42.4 Å². The van der Waals surface area contributed by atoms with Gasteiger partial charge in [0.1, 0.15) is 30.1 Å². The van der Waals surface area contributed by atoms with Crippen LogP contribution in [0.15, 0.2) is 47.6 Å². The fourth-order valence-electron chi connectivity index (χ4n) is 11.3. The third-order valence-corrected chi connectivity index (χ3v) is 16.5. The lowest BCUT2D eigenvalue weighted by atomic mass is 9.78. The Morgan fingerprint density at radius 2 is 1.51 bits per heavy atom. The second kappa shape index (κ2) is 31.5. The van der Waals surface area contributed by atoms with Crippen molar-refractivity contribution in [3.05, 3.63) is 47.6 Å². The summed E-state index contributed by atoms with van der Waals surface area (Å²) in [4.78, 5) is 73.4. The highest BCUT2D eigenvalue weighted by atomic mass is 31.2. The molecule has 15 atom stereocenters. The van der Waals surface area contributed by atoms with Gasteiger partial charge in [0.25, 0.3) is 11.7 Å². The van der Waals surface area contributed by atoms with Gasteiger partial charge in [-0.1, -0.05) is 71.1 Å². The number of carbonyl (C=O) groups is 5. The number of carbonyl (C=O) groups excluding carboxylic acids is 5. The number of esters is 1. The number of rotatable bonds is 15. The minimum atomic E-state index is -2.80. The van der Waals surface area contributed by atoms with E-state index in [1.54, 1.807) is 54.4 Å². The molecule has 3 aliphatic heterocycles. The number of allylic oxidation sites excluding steroid dienone is 6. The van der Waals surface area contributed by atoms with Crippen LogP contribution < -0.4 is 0 Å². The third-order valence-electron chi connectivity index (χ3n) is 15.8. The monoisotopic (exact) mass is 1090 g/mol. The van der Waals surface area contributed by atoms with E-state index in [9.17, 15) is 33.6 Å². The molecule has 1 N–H and O–H groups in total. The smallest absolute Gasteiger partial charge is 0.329 e. The molecule has 0 radical (unpaired) electrons. The van der Waals surface area contributed by atoms with Gasteiger partial charge in [0.05, 0.1) is 50.8 Å². The van der Waals surface area contributed by atoms with Crippen molar-refractivity contribution < 1.29 is 76.1 Å². The molecule has 4 aliphatic rings. The molecule has 2 saturated heterocycles. The average Bonchev–Trinajstić information content (AvgIpc) is 3.37. The number of fused-ring (bicyclic) bond motifs is 3. The van der Waals surface area contributed by atoms with Crippen LogP contribution in [0.5, 0.6) is 0 Å². The van der Waals surface area contributed by atoms with Gasteiger partial charge in [0.15, 0.2) is 13.2 Å². The van der Waals surface area contributed by atoms with Gasteiger partial charge in [-0.25, -0.2) is 4.79 Å². The normalized spacial score (nSPS) is 36.5. The molecule has 0 aromatic carbocycles. The van der Waals surface area contributed by atoms with Crippen molar-refractivity contribution in [2.24, 2.45) is 35.5 Å². The minimum absolute atomic E-state index is 0.0268. The second-order valence-corrected chi connectivity index (χ2v) is 25.1. The summed E-state index contributed by atoms with van der Waals surface area (Å²) in [5.74, 6) is -7.82. The molecule has 0 spiro atoms. The van der Waals surface area contributed by atoms with Crippen LogP contribution in [0.25, 0.3) is 0 Å². The van der Waals surface area contributed by atoms with Crippen molar-refractivity contribution in [2.45, 2.75) is 180 Å². The molecular weight excluding hydrogens is 998 g/mol. The maximum atomic E-state index is 14.7. The van der Waals surface area contributed by atoms with Crippen LogP contribution >= 0.6 is 7.37 Å². The van der Waals surface area contributed by atoms with E-state index >= 15 is 0 Å². The largest absolute Gasteiger partial charge is 0.460 e. The number of ketones is 3. The number of ether oxygens (including phenoxy) is 8. The van der Waals surface area contributed by atoms with E-state index in [2.05, 4.69) is 0 Å². The fourth-order valence-corrected chi connectivity index (χ4v) is 12.1. The van der Waals surface area contributed by atoms with Gasteiger partial charge in [-0.3, -0.25) is 23.7 Å². The van der Waals surface area contributed by atoms with Gasteiger partial charge in [-0.15, -0.1) is 0 Å². The Morgan fingerprint density at radius 3 is 2.18 bits per heavy atom. The first-order chi connectivity index (χ1) is 36.0. The summed E-state index contributed by atoms with van der Waals surface area (Å²) in [7, 11) is 3.39. The van der Waals surface area contributed by atoms with Gasteiger partial charge in [-0.2, -0.15) is 0 Å². The number of piperidine rings is 1. The zero-order chi connectivity index (χ0) is 56.3. The number of methoxy groups -OCH3 is 4. The number of aliphatic hydroxyl groups is 1. The molecule has 0 aromatic heterocycles. The molecule has 1 saturated carbocycles. The highest BCUT2D eigenvalue weighted by Crippen LogP contribution is 2.45. The number of cyclic esters (lactones) is 1. The topological polar surface area (TPSA) is 209 Å². The molecule has 2 bridgehead atoms. The van der Waals surface area contributed by atoms with E-state index in [1.165, 1.54) is 19.1 Å². The molecule has 1 aliphatic carbocycles. The summed E-state index contributed by atoms with van der Waals surface area (Å²) in [6.45, 7) is 17.7. The highest BCUT2D eigenvalue weighted by molar-refractivity contribution is 7.57. The Kier molecular flexibility index (Phi) is 27.1. The predicted molar refractivity (Wildman–Crippen MR) is 290 cm³/mol. The Bertz CT molecular complexity index is 2070. The molecule has 18 heteroatoms. The van der Waals surface area contributed by atoms with Crippen LogP contribution in [-0.4, -0.2) is 169 Å². The van der Waals surface area contributed by atoms with Crippen molar-refractivity contribution in [2.75, 3.05) is 74.7 Å². The van der Waals surface area contributed by atoms with E-state index < -0.39 is 79.2 Å². The number of Topliss-reactive ketones (excluding diaryl/α,β-unsaturated/α-hetero) is 3. The van der Waals surface area contributed by atoms with E-state index in [0.29, 0.717) is 76.8 Å². The van der Waals surface area contributed by atoms with Crippen molar-refractivity contribution >= 4 is 36.6 Å². The Hall–Kier alpha value is -3.22. The molecular formula is C58H94NO16P. The number of nitrogens with zero attached hydrogens (tertiary/aromatic N) is 1. The summed E-state index contributed by atoms with van der Waals surface area (Å²) in [6, 6.07) is -1.16. The van der Waals surface area contributed by atoms with Gasteiger partial charge >= 0.3 is 5.97 Å². The minimum Gasteiger partial charge on any atom is -0.460 e. The summed E-state index contributed by atoms with van der Waals surface area (Å²) >= 11 is 0. The van der Waals surface area contributed by atoms with Gasteiger partial charge in [0, 0.05) is 78.9 Å². The summed E-state index contributed by atoms with van der Waals surface area (Å²) in [5.41, 5.74) is 1.48. The van der Waals surface area contributed by atoms with Crippen molar-refractivity contribution in [1.82, 2.24) is 4.90 Å². The predicted octanol–water partition coefficient (Wildman–Crippen LogP) is 8.43. The molecule has 76 heavy (non-hydrogen) atoms.